The second-order valence-electron chi connectivity index (χ2n) is 2.88. The summed E-state index contributed by atoms with van der Waals surface area (Å²) in [6, 6.07) is 6.74. The molecule has 0 aliphatic carbocycles. The summed E-state index contributed by atoms with van der Waals surface area (Å²) >= 11 is 6.38. The smallest absolute Gasteiger partial charge is 0.210 e. The fraction of sp³-hybridized carbons (Fsp3) is 0.222. The molecule has 0 atom stereocenters. The van der Waals surface area contributed by atoms with E-state index in [1.165, 1.54) is 6.07 Å². The van der Waals surface area contributed by atoms with Gasteiger partial charge in [-0.2, -0.15) is 5.26 Å². The molecule has 0 bridgehead atoms. The van der Waals surface area contributed by atoms with Crippen molar-refractivity contribution < 1.29 is 8.42 Å². The first-order chi connectivity index (χ1) is 7.47. The van der Waals surface area contributed by atoms with Gasteiger partial charge in [0.05, 0.1) is 11.0 Å². The molecule has 7 heteroatoms. The van der Waals surface area contributed by atoms with Crippen molar-refractivity contribution >= 4 is 41.9 Å². The third-order valence-electron chi connectivity index (χ3n) is 1.71. The summed E-state index contributed by atoms with van der Waals surface area (Å²) in [5, 5.41) is 8.33. The Labute approximate surface area is 111 Å². The first kappa shape index (κ1) is 13.6. The van der Waals surface area contributed by atoms with Crippen molar-refractivity contribution in [1.29, 1.82) is 5.26 Å². The zero-order chi connectivity index (χ0) is 12.2. The van der Waals surface area contributed by atoms with Crippen LogP contribution in [-0.4, -0.2) is 15.0 Å². The number of halogens is 2. The first-order valence-electron chi connectivity index (χ1n) is 4.29. The van der Waals surface area contributed by atoms with Crippen molar-refractivity contribution in [3.8, 4) is 6.07 Å². The zero-order valence-corrected chi connectivity index (χ0v) is 12.1. The summed E-state index contributed by atoms with van der Waals surface area (Å²) in [4.78, 5) is 0.153. The van der Waals surface area contributed by atoms with E-state index in [2.05, 4.69) is 36.6 Å². The predicted octanol–water partition coefficient (Wildman–Crippen LogP) is 2.40. The fourth-order valence-corrected chi connectivity index (χ4v) is 3.53. The third kappa shape index (κ3) is 3.56. The van der Waals surface area contributed by atoms with Gasteiger partial charge in [-0.05, 0) is 34.1 Å². The molecule has 4 nitrogen and oxygen atoms in total. The van der Waals surface area contributed by atoms with Crippen molar-refractivity contribution in [1.82, 2.24) is 4.72 Å². The van der Waals surface area contributed by atoms with Crippen LogP contribution in [0.25, 0.3) is 0 Å². The summed E-state index contributed by atoms with van der Waals surface area (Å²) in [7, 11) is -3.56. The van der Waals surface area contributed by atoms with Gasteiger partial charge < -0.3 is 0 Å². The molecule has 1 aromatic carbocycles. The molecule has 0 aliphatic heterocycles. The minimum Gasteiger partial charge on any atom is -0.210 e. The van der Waals surface area contributed by atoms with Crippen LogP contribution in [-0.2, 0) is 10.0 Å². The SMILES string of the molecule is N#CCCNS(=O)(=O)c1cc(Br)ccc1Br. The van der Waals surface area contributed by atoms with E-state index >= 15 is 0 Å². The number of nitrogens with zero attached hydrogens (tertiary/aromatic N) is 1. The molecule has 0 aliphatic rings. The van der Waals surface area contributed by atoms with Gasteiger partial charge in [0.2, 0.25) is 10.0 Å². The van der Waals surface area contributed by atoms with E-state index in [1.807, 2.05) is 6.07 Å². The van der Waals surface area contributed by atoms with E-state index in [0.29, 0.717) is 8.95 Å². The highest BCUT2D eigenvalue weighted by atomic mass is 79.9. The van der Waals surface area contributed by atoms with E-state index in [-0.39, 0.29) is 17.9 Å². The van der Waals surface area contributed by atoms with E-state index < -0.39 is 10.0 Å². The molecule has 1 aromatic rings. The normalized spacial score (nSPS) is 11.1. The van der Waals surface area contributed by atoms with Crippen molar-refractivity contribution in [3.63, 3.8) is 0 Å². The van der Waals surface area contributed by atoms with E-state index in [1.54, 1.807) is 12.1 Å². The van der Waals surface area contributed by atoms with Crippen LogP contribution >= 0.6 is 31.9 Å². The van der Waals surface area contributed by atoms with Crippen LogP contribution in [0.3, 0.4) is 0 Å². The van der Waals surface area contributed by atoms with Gasteiger partial charge in [-0.1, -0.05) is 15.9 Å². The Morgan fingerprint density at radius 2 is 2.06 bits per heavy atom. The highest BCUT2D eigenvalue weighted by Crippen LogP contribution is 2.25. The van der Waals surface area contributed by atoms with Crippen LogP contribution in [0.5, 0.6) is 0 Å². The largest absolute Gasteiger partial charge is 0.241 e. The van der Waals surface area contributed by atoms with Gasteiger partial charge in [0, 0.05) is 21.9 Å². The molecule has 1 rings (SSSR count). The zero-order valence-electron chi connectivity index (χ0n) is 8.07. The molecule has 0 aromatic heterocycles. The summed E-state index contributed by atoms with van der Waals surface area (Å²) in [6.07, 6.45) is 0.144. The third-order valence-corrected chi connectivity index (χ3v) is 4.66. The van der Waals surface area contributed by atoms with Crippen LogP contribution in [0.1, 0.15) is 6.42 Å². The van der Waals surface area contributed by atoms with Gasteiger partial charge >= 0.3 is 0 Å². The predicted molar refractivity (Wildman–Crippen MR) is 67.3 cm³/mol. The van der Waals surface area contributed by atoms with E-state index in [0.717, 1.165) is 0 Å². The van der Waals surface area contributed by atoms with Crippen LogP contribution < -0.4 is 4.72 Å². The maximum atomic E-state index is 11.8. The molecule has 0 amide bonds. The number of benzene rings is 1. The molecule has 1 N–H and O–H groups in total. The van der Waals surface area contributed by atoms with Crippen molar-refractivity contribution in [3.05, 3.63) is 27.1 Å². The summed E-state index contributed by atoms with van der Waals surface area (Å²) < 4.78 is 27.1. The highest BCUT2D eigenvalue weighted by molar-refractivity contribution is 9.11. The topological polar surface area (TPSA) is 70.0 Å². The van der Waals surface area contributed by atoms with Gasteiger partial charge in [-0.25, -0.2) is 13.1 Å². The van der Waals surface area contributed by atoms with Gasteiger partial charge in [-0.15, -0.1) is 0 Å². The molecular formula is C9H8Br2N2O2S. The van der Waals surface area contributed by atoms with E-state index in [4.69, 9.17) is 5.26 Å². The molecule has 0 spiro atoms. The minimum absolute atomic E-state index is 0.109. The molecule has 0 saturated heterocycles. The monoisotopic (exact) mass is 366 g/mol. The fourth-order valence-electron chi connectivity index (χ4n) is 1.00. The second kappa shape index (κ2) is 5.77. The Morgan fingerprint density at radius 1 is 1.38 bits per heavy atom. The Bertz CT molecular complexity index is 523. The maximum absolute atomic E-state index is 11.8. The maximum Gasteiger partial charge on any atom is 0.241 e. The molecule has 0 radical (unpaired) electrons. The number of nitrogens with one attached hydrogen (secondary N) is 1. The van der Waals surface area contributed by atoms with Crippen LogP contribution in [0, 0.1) is 11.3 Å². The molecule has 0 saturated carbocycles. The van der Waals surface area contributed by atoms with Gasteiger partial charge in [0.1, 0.15) is 0 Å². The lowest BCUT2D eigenvalue weighted by atomic mass is 10.4. The summed E-state index contributed by atoms with van der Waals surface area (Å²) in [5.74, 6) is 0. The highest BCUT2D eigenvalue weighted by Gasteiger charge is 2.17. The van der Waals surface area contributed by atoms with Crippen molar-refractivity contribution in [2.45, 2.75) is 11.3 Å². The van der Waals surface area contributed by atoms with Gasteiger partial charge in [0.25, 0.3) is 0 Å². The molecular weight excluding hydrogens is 360 g/mol. The van der Waals surface area contributed by atoms with Crippen LogP contribution in [0.2, 0.25) is 0 Å². The van der Waals surface area contributed by atoms with Crippen molar-refractivity contribution in [2.75, 3.05) is 6.54 Å². The summed E-state index contributed by atoms with van der Waals surface area (Å²) in [6.45, 7) is 0.109. The number of hydrogen-bond acceptors (Lipinski definition) is 3. The molecule has 0 unspecified atom stereocenters. The van der Waals surface area contributed by atoms with Gasteiger partial charge in [0.15, 0.2) is 0 Å². The molecule has 0 fully saturated rings. The van der Waals surface area contributed by atoms with Crippen molar-refractivity contribution in [2.24, 2.45) is 0 Å². The Balaban J connectivity index is 2.99. The lowest BCUT2D eigenvalue weighted by Gasteiger charge is -2.07. The lowest BCUT2D eigenvalue weighted by molar-refractivity contribution is 0.582. The number of nitriles is 1. The average Bonchev–Trinajstić information content (AvgIpc) is 2.22. The standard InChI is InChI=1S/C9H8Br2N2O2S/c10-7-2-3-8(11)9(6-7)16(14,15)13-5-1-4-12/h2-3,6,13H,1,5H2. The molecule has 86 valence electrons. The molecule has 16 heavy (non-hydrogen) atoms. The molecule has 0 heterocycles. The lowest BCUT2D eigenvalue weighted by Crippen LogP contribution is -2.24. The minimum atomic E-state index is -3.56. The Hall–Kier alpha value is -0.420. The second-order valence-corrected chi connectivity index (χ2v) is 6.39. The average molecular weight is 368 g/mol. The first-order valence-corrected chi connectivity index (χ1v) is 7.36. The number of sulfonamides is 1. The Morgan fingerprint density at radius 3 is 2.69 bits per heavy atom. The van der Waals surface area contributed by atoms with Crippen LogP contribution in [0.15, 0.2) is 32.0 Å². The quantitative estimate of drug-likeness (QED) is 0.830. The van der Waals surface area contributed by atoms with Gasteiger partial charge in [-0.3, -0.25) is 0 Å². The number of rotatable bonds is 4. The van der Waals surface area contributed by atoms with E-state index in [9.17, 15) is 8.42 Å². The number of hydrogen-bond donors (Lipinski definition) is 1. The summed E-state index contributed by atoms with van der Waals surface area (Å²) in [5.41, 5.74) is 0. The van der Waals surface area contributed by atoms with Crippen LogP contribution in [0.4, 0.5) is 0 Å². The Kier molecular flexibility index (Phi) is 4.92.